The summed E-state index contributed by atoms with van der Waals surface area (Å²) in [4.78, 5) is 0. The van der Waals surface area contributed by atoms with E-state index in [0.29, 0.717) is 5.41 Å². The lowest BCUT2D eigenvalue weighted by Crippen LogP contribution is -2.24. The molecule has 1 unspecified atom stereocenters. The Balaban J connectivity index is 2.24. The molecule has 2 nitrogen and oxygen atoms in total. The molecule has 12 heavy (non-hydrogen) atoms. The first-order valence-corrected chi connectivity index (χ1v) is 5.66. The van der Waals surface area contributed by atoms with Crippen molar-refractivity contribution in [2.45, 2.75) is 19.8 Å². The largest absolute Gasteiger partial charge is 0.382 e. The van der Waals surface area contributed by atoms with Crippen LogP contribution in [0.25, 0.3) is 0 Å². The number of hydrogen-bond donors (Lipinski definition) is 0. The van der Waals surface area contributed by atoms with Crippen LogP contribution in [-0.4, -0.2) is 31.8 Å². The third-order valence-corrected chi connectivity index (χ3v) is 3.64. The average Bonchev–Trinajstić information content (AvgIpc) is 2.55. The summed E-state index contributed by atoms with van der Waals surface area (Å²) in [5.41, 5.74) is 0.356. The molecule has 1 aliphatic rings. The number of ether oxygens (including phenoxy) is 2. The van der Waals surface area contributed by atoms with Gasteiger partial charge in [0.05, 0.1) is 6.61 Å². The molecule has 0 radical (unpaired) electrons. The lowest BCUT2D eigenvalue weighted by atomic mass is 9.87. The van der Waals surface area contributed by atoms with E-state index in [9.17, 15) is 0 Å². The first-order chi connectivity index (χ1) is 5.83. The highest BCUT2D eigenvalue weighted by molar-refractivity contribution is 9.09. The Bertz CT molecular complexity index is 122. The van der Waals surface area contributed by atoms with E-state index in [1.165, 1.54) is 6.42 Å². The average molecular weight is 237 g/mol. The molecule has 0 aliphatic carbocycles. The van der Waals surface area contributed by atoms with Crippen LogP contribution in [-0.2, 0) is 9.47 Å². The minimum atomic E-state index is 0.356. The topological polar surface area (TPSA) is 18.5 Å². The molecule has 0 aromatic heterocycles. The van der Waals surface area contributed by atoms with E-state index < -0.39 is 0 Å². The van der Waals surface area contributed by atoms with Crippen molar-refractivity contribution in [3.05, 3.63) is 0 Å². The minimum absolute atomic E-state index is 0.356. The van der Waals surface area contributed by atoms with Gasteiger partial charge in [-0.1, -0.05) is 15.9 Å². The fourth-order valence-corrected chi connectivity index (χ4v) is 2.17. The van der Waals surface area contributed by atoms with Gasteiger partial charge in [0.1, 0.15) is 0 Å². The summed E-state index contributed by atoms with van der Waals surface area (Å²) in [5, 5.41) is 1.03. The molecule has 0 N–H and O–H groups in total. The molecule has 72 valence electrons. The number of alkyl halides is 1. The highest BCUT2D eigenvalue weighted by Crippen LogP contribution is 2.34. The van der Waals surface area contributed by atoms with Crippen molar-refractivity contribution in [3.63, 3.8) is 0 Å². The highest BCUT2D eigenvalue weighted by Gasteiger charge is 2.33. The third-order valence-electron chi connectivity index (χ3n) is 2.45. The molecular weight excluding hydrogens is 220 g/mol. The van der Waals surface area contributed by atoms with Gasteiger partial charge in [-0.15, -0.1) is 0 Å². The Labute approximate surface area is 82.7 Å². The van der Waals surface area contributed by atoms with Crippen LogP contribution < -0.4 is 0 Å². The molecule has 0 aromatic carbocycles. The molecule has 1 heterocycles. The van der Waals surface area contributed by atoms with Gasteiger partial charge >= 0.3 is 0 Å². The zero-order valence-corrected chi connectivity index (χ0v) is 9.23. The molecule has 0 amide bonds. The second-order valence-corrected chi connectivity index (χ2v) is 3.94. The van der Waals surface area contributed by atoms with Gasteiger partial charge in [0.25, 0.3) is 0 Å². The third kappa shape index (κ3) is 2.71. The van der Waals surface area contributed by atoms with Gasteiger partial charge in [-0.25, -0.2) is 0 Å². The lowest BCUT2D eigenvalue weighted by Gasteiger charge is -2.24. The Morgan fingerprint density at radius 1 is 1.58 bits per heavy atom. The summed E-state index contributed by atoms with van der Waals surface area (Å²) in [6.07, 6.45) is 2.29. The summed E-state index contributed by atoms with van der Waals surface area (Å²) in [5.74, 6) is 0. The van der Waals surface area contributed by atoms with E-state index in [1.54, 1.807) is 0 Å². The summed E-state index contributed by atoms with van der Waals surface area (Å²) in [7, 11) is 0. The smallest absolute Gasteiger partial charge is 0.0532 e. The van der Waals surface area contributed by atoms with Gasteiger partial charge in [-0.2, -0.15) is 0 Å². The maximum atomic E-state index is 5.40. The zero-order chi connectivity index (χ0) is 8.86. The van der Waals surface area contributed by atoms with Gasteiger partial charge in [-0.3, -0.25) is 0 Å². The Hall–Kier alpha value is 0.400. The van der Waals surface area contributed by atoms with Gasteiger partial charge in [0, 0.05) is 30.6 Å². The normalized spacial score (nSPS) is 29.5. The molecule has 1 rings (SSSR count). The van der Waals surface area contributed by atoms with Crippen molar-refractivity contribution in [2.75, 3.05) is 31.8 Å². The summed E-state index contributed by atoms with van der Waals surface area (Å²) in [6, 6.07) is 0. The van der Waals surface area contributed by atoms with Gasteiger partial charge in [-0.05, 0) is 19.8 Å². The SMILES string of the molecule is CCOCCC1(CBr)CCOC1. The molecule has 3 heteroatoms. The van der Waals surface area contributed by atoms with E-state index in [0.717, 1.165) is 38.2 Å². The zero-order valence-electron chi connectivity index (χ0n) is 7.64. The fraction of sp³-hybridized carbons (Fsp3) is 1.00. The molecule has 1 saturated heterocycles. The standard InChI is InChI=1S/C9H17BrO2/c1-2-11-5-3-9(7-10)4-6-12-8-9/h2-8H2,1H3. The van der Waals surface area contributed by atoms with Crippen LogP contribution in [0.2, 0.25) is 0 Å². The van der Waals surface area contributed by atoms with Crippen LogP contribution in [0.1, 0.15) is 19.8 Å². The summed E-state index contributed by atoms with van der Waals surface area (Å²) in [6.45, 7) is 5.53. The monoisotopic (exact) mass is 236 g/mol. The summed E-state index contributed by atoms with van der Waals surface area (Å²) < 4.78 is 10.7. The quantitative estimate of drug-likeness (QED) is 0.539. The van der Waals surface area contributed by atoms with Crippen molar-refractivity contribution in [1.29, 1.82) is 0 Å². The van der Waals surface area contributed by atoms with Crippen LogP contribution in [0.15, 0.2) is 0 Å². The molecule has 0 saturated carbocycles. The molecule has 1 atom stereocenters. The van der Waals surface area contributed by atoms with E-state index in [-0.39, 0.29) is 0 Å². The maximum absolute atomic E-state index is 5.40. The van der Waals surface area contributed by atoms with E-state index in [4.69, 9.17) is 9.47 Å². The van der Waals surface area contributed by atoms with Gasteiger partial charge < -0.3 is 9.47 Å². The van der Waals surface area contributed by atoms with Crippen molar-refractivity contribution in [3.8, 4) is 0 Å². The maximum Gasteiger partial charge on any atom is 0.0532 e. The van der Waals surface area contributed by atoms with E-state index in [2.05, 4.69) is 15.9 Å². The molecule has 1 fully saturated rings. The predicted octanol–water partition coefficient (Wildman–Crippen LogP) is 2.21. The predicted molar refractivity (Wildman–Crippen MR) is 52.8 cm³/mol. The number of hydrogen-bond acceptors (Lipinski definition) is 2. The first-order valence-electron chi connectivity index (χ1n) is 4.54. The van der Waals surface area contributed by atoms with Gasteiger partial charge in [0.2, 0.25) is 0 Å². The first kappa shape index (κ1) is 10.5. The molecule has 1 aliphatic heterocycles. The Kier molecular flexibility index (Phi) is 4.54. The van der Waals surface area contributed by atoms with Crippen LogP contribution in [0.4, 0.5) is 0 Å². The fourth-order valence-electron chi connectivity index (χ4n) is 1.45. The van der Waals surface area contributed by atoms with Crippen LogP contribution in [0.3, 0.4) is 0 Å². The molecule has 0 bridgehead atoms. The van der Waals surface area contributed by atoms with Crippen molar-refractivity contribution in [2.24, 2.45) is 5.41 Å². The van der Waals surface area contributed by atoms with Crippen molar-refractivity contribution in [1.82, 2.24) is 0 Å². The second-order valence-electron chi connectivity index (χ2n) is 3.38. The van der Waals surface area contributed by atoms with Crippen molar-refractivity contribution < 1.29 is 9.47 Å². The highest BCUT2D eigenvalue weighted by atomic mass is 79.9. The van der Waals surface area contributed by atoms with Crippen molar-refractivity contribution >= 4 is 15.9 Å². The van der Waals surface area contributed by atoms with E-state index >= 15 is 0 Å². The Morgan fingerprint density at radius 2 is 2.42 bits per heavy atom. The Morgan fingerprint density at radius 3 is 2.92 bits per heavy atom. The number of rotatable bonds is 5. The molecular formula is C9H17BrO2. The molecule has 0 spiro atoms. The van der Waals surface area contributed by atoms with Crippen LogP contribution in [0.5, 0.6) is 0 Å². The lowest BCUT2D eigenvalue weighted by molar-refractivity contribution is 0.0977. The summed E-state index contributed by atoms with van der Waals surface area (Å²) >= 11 is 3.55. The number of halogens is 1. The van der Waals surface area contributed by atoms with Crippen LogP contribution in [0, 0.1) is 5.41 Å². The van der Waals surface area contributed by atoms with Crippen LogP contribution >= 0.6 is 15.9 Å². The second kappa shape index (κ2) is 5.20. The molecule has 0 aromatic rings. The minimum Gasteiger partial charge on any atom is -0.382 e. The van der Waals surface area contributed by atoms with Gasteiger partial charge in [0.15, 0.2) is 0 Å². The van der Waals surface area contributed by atoms with E-state index in [1.807, 2.05) is 6.92 Å².